The van der Waals surface area contributed by atoms with Crippen molar-refractivity contribution in [1.82, 2.24) is 15.4 Å². The minimum absolute atomic E-state index is 0.152. The smallest absolute Gasteiger partial charge is 0.0966 e. The Morgan fingerprint density at radius 2 is 1.93 bits per heavy atom. The maximum absolute atomic E-state index is 3.99. The summed E-state index contributed by atoms with van der Waals surface area (Å²) in [6, 6.07) is 6.23. The highest BCUT2D eigenvalue weighted by Crippen LogP contribution is 2.24. The van der Waals surface area contributed by atoms with Gasteiger partial charge in [0.1, 0.15) is 0 Å². The van der Waals surface area contributed by atoms with Crippen LogP contribution in [-0.4, -0.2) is 15.4 Å². The average molecular weight is 187 g/mol. The van der Waals surface area contributed by atoms with Crippen LogP contribution in [0.25, 0.3) is 10.9 Å². The fourth-order valence-electron chi connectivity index (χ4n) is 1.37. The van der Waals surface area contributed by atoms with Gasteiger partial charge in [0.25, 0.3) is 0 Å². The minimum atomic E-state index is 0.152. The van der Waals surface area contributed by atoms with Crippen LogP contribution in [0, 0.1) is 0 Å². The molecule has 1 aromatic carbocycles. The number of benzene rings is 1. The summed E-state index contributed by atoms with van der Waals surface area (Å²) in [5.41, 5.74) is 2.33. The third-order valence-corrected chi connectivity index (χ3v) is 2.30. The van der Waals surface area contributed by atoms with Crippen LogP contribution in [0.4, 0.5) is 0 Å². The van der Waals surface area contributed by atoms with Crippen LogP contribution in [0.5, 0.6) is 0 Å². The highest BCUT2D eigenvalue weighted by molar-refractivity contribution is 5.77. The van der Waals surface area contributed by atoms with Crippen molar-refractivity contribution in [3.63, 3.8) is 0 Å². The normalized spacial score (nSPS) is 11.9. The molecule has 2 rings (SSSR count). The van der Waals surface area contributed by atoms with Crippen molar-refractivity contribution in [2.24, 2.45) is 0 Å². The van der Waals surface area contributed by atoms with Gasteiger partial charge in [-0.05, 0) is 22.3 Å². The molecule has 0 spiro atoms. The molecule has 1 aromatic heterocycles. The van der Waals surface area contributed by atoms with Gasteiger partial charge >= 0.3 is 0 Å². The monoisotopic (exact) mass is 187 g/mol. The first kappa shape index (κ1) is 9.06. The van der Waals surface area contributed by atoms with Gasteiger partial charge in [0.2, 0.25) is 0 Å². The molecule has 0 bridgehead atoms. The fraction of sp³-hybridized carbons (Fsp3) is 0.364. The second-order valence-electron chi connectivity index (χ2n) is 4.46. The topological polar surface area (TPSA) is 38.7 Å². The van der Waals surface area contributed by atoms with E-state index in [0.717, 1.165) is 10.9 Å². The van der Waals surface area contributed by atoms with E-state index in [4.69, 9.17) is 0 Å². The van der Waals surface area contributed by atoms with Crippen molar-refractivity contribution >= 4 is 10.9 Å². The Bertz CT molecular complexity index is 457. The summed E-state index contributed by atoms with van der Waals surface area (Å²) in [5, 5.41) is 12.4. The van der Waals surface area contributed by atoms with Crippen LogP contribution in [0.3, 0.4) is 0 Å². The van der Waals surface area contributed by atoms with Crippen molar-refractivity contribution in [2.75, 3.05) is 0 Å². The molecule has 14 heavy (non-hydrogen) atoms. The summed E-state index contributed by atoms with van der Waals surface area (Å²) in [4.78, 5) is 0. The van der Waals surface area contributed by atoms with E-state index >= 15 is 0 Å². The van der Waals surface area contributed by atoms with Crippen LogP contribution >= 0.6 is 0 Å². The molecule has 0 saturated carbocycles. The van der Waals surface area contributed by atoms with Crippen molar-refractivity contribution < 1.29 is 0 Å². The Morgan fingerprint density at radius 3 is 2.64 bits per heavy atom. The van der Waals surface area contributed by atoms with Crippen molar-refractivity contribution in [1.29, 1.82) is 0 Å². The van der Waals surface area contributed by atoms with Crippen LogP contribution in [-0.2, 0) is 5.41 Å². The van der Waals surface area contributed by atoms with E-state index in [9.17, 15) is 0 Å². The molecular formula is C11H13N3. The zero-order valence-electron chi connectivity index (χ0n) is 8.65. The molecule has 0 radical (unpaired) electrons. The Balaban J connectivity index is 2.63. The van der Waals surface area contributed by atoms with E-state index in [2.05, 4.69) is 48.3 Å². The fourth-order valence-corrected chi connectivity index (χ4v) is 1.37. The van der Waals surface area contributed by atoms with E-state index in [-0.39, 0.29) is 5.41 Å². The second kappa shape index (κ2) is 3.01. The van der Waals surface area contributed by atoms with Gasteiger partial charge in [-0.1, -0.05) is 32.9 Å². The molecule has 0 amide bonds. The van der Waals surface area contributed by atoms with Gasteiger partial charge in [-0.15, -0.1) is 10.2 Å². The van der Waals surface area contributed by atoms with Crippen molar-refractivity contribution in [3.8, 4) is 0 Å². The average Bonchev–Trinajstić information content (AvgIpc) is 2.16. The summed E-state index contributed by atoms with van der Waals surface area (Å²) in [6.45, 7) is 6.55. The zero-order valence-corrected chi connectivity index (χ0v) is 8.65. The Morgan fingerprint density at radius 1 is 1.14 bits per heavy atom. The molecule has 0 aliphatic rings. The molecule has 0 saturated heterocycles. The minimum Gasteiger partial charge on any atom is -0.138 e. The van der Waals surface area contributed by atoms with Gasteiger partial charge in [-0.3, -0.25) is 0 Å². The molecular weight excluding hydrogens is 174 g/mol. The third-order valence-electron chi connectivity index (χ3n) is 2.30. The third kappa shape index (κ3) is 1.58. The Labute approximate surface area is 83.2 Å². The van der Waals surface area contributed by atoms with E-state index in [1.54, 1.807) is 6.20 Å². The zero-order chi connectivity index (χ0) is 10.2. The summed E-state index contributed by atoms with van der Waals surface area (Å²) in [5.74, 6) is 0. The van der Waals surface area contributed by atoms with Gasteiger partial charge in [0.15, 0.2) is 0 Å². The summed E-state index contributed by atoms with van der Waals surface area (Å²) < 4.78 is 0. The van der Waals surface area contributed by atoms with Crippen molar-refractivity contribution in [3.05, 3.63) is 30.0 Å². The van der Waals surface area contributed by atoms with Gasteiger partial charge in [-0.25, -0.2) is 0 Å². The van der Waals surface area contributed by atoms with Gasteiger partial charge in [-0.2, -0.15) is 0 Å². The predicted molar refractivity (Wildman–Crippen MR) is 56.0 cm³/mol. The first-order valence-corrected chi connectivity index (χ1v) is 4.66. The standard InChI is InChI=1S/C11H13N3/c1-11(2,3)9-5-4-8-7-12-14-13-10(8)6-9/h4-7H,1-3H3. The number of hydrogen-bond acceptors (Lipinski definition) is 3. The number of hydrogen-bond donors (Lipinski definition) is 0. The van der Waals surface area contributed by atoms with Crippen LogP contribution in [0.15, 0.2) is 24.4 Å². The molecule has 0 aliphatic carbocycles. The summed E-state index contributed by atoms with van der Waals surface area (Å²) in [7, 11) is 0. The first-order chi connectivity index (χ1) is 6.57. The number of nitrogens with zero attached hydrogens (tertiary/aromatic N) is 3. The van der Waals surface area contributed by atoms with E-state index in [1.807, 2.05) is 6.07 Å². The molecule has 0 fully saturated rings. The lowest BCUT2D eigenvalue weighted by Crippen LogP contribution is -2.10. The van der Waals surface area contributed by atoms with Gasteiger partial charge < -0.3 is 0 Å². The molecule has 1 heterocycles. The number of rotatable bonds is 0. The molecule has 2 aromatic rings. The Kier molecular flexibility index (Phi) is 1.95. The van der Waals surface area contributed by atoms with Gasteiger partial charge in [0, 0.05) is 5.39 Å². The summed E-state index contributed by atoms with van der Waals surface area (Å²) in [6.07, 6.45) is 1.73. The van der Waals surface area contributed by atoms with Crippen molar-refractivity contribution in [2.45, 2.75) is 26.2 Å². The Hall–Kier alpha value is -1.51. The molecule has 0 aliphatic heterocycles. The van der Waals surface area contributed by atoms with Crippen LogP contribution in [0.2, 0.25) is 0 Å². The van der Waals surface area contributed by atoms with Gasteiger partial charge in [0.05, 0.1) is 11.7 Å². The molecule has 72 valence electrons. The molecule has 0 atom stereocenters. The quantitative estimate of drug-likeness (QED) is 0.635. The molecule has 0 N–H and O–H groups in total. The van der Waals surface area contributed by atoms with Crippen LogP contribution in [0.1, 0.15) is 26.3 Å². The molecule has 3 heteroatoms. The number of aromatic nitrogens is 3. The maximum Gasteiger partial charge on any atom is 0.0966 e. The molecule has 3 nitrogen and oxygen atoms in total. The second-order valence-corrected chi connectivity index (χ2v) is 4.46. The largest absolute Gasteiger partial charge is 0.138 e. The molecule has 0 unspecified atom stereocenters. The predicted octanol–water partition coefficient (Wildman–Crippen LogP) is 2.32. The highest BCUT2D eigenvalue weighted by Gasteiger charge is 2.13. The number of fused-ring (bicyclic) bond motifs is 1. The van der Waals surface area contributed by atoms with Crippen LogP contribution < -0.4 is 0 Å². The lowest BCUT2D eigenvalue weighted by Gasteiger charge is -2.18. The van der Waals surface area contributed by atoms with E-state index in [1.165, 1.54) is 5.56 Å². The SMILES string of the molecule is CC(C)(C)c1ccc2cnnnc2c1. The van der Waals surface area contributed by atoms with E-state index < -0.39 is 0 Å². The highest BCUT2D eigenvalue weighted by atomic mass is 15.3. The van der Waals surface area contributed by atoms with E-state index in [0.29, 0.717) is 0 Å². The lowest BCUT2D eigenvalue weighted by molar-refractivity contribution is 0.591. The lowest BCUT2D eigenvalue weighted by atomic mass is 9.87. The first-order valence-electron chi connectivity index (χ1n) is 4.66. The summed E-state index contributed by atoms with van der Waals surface area (Å²) >= 11 is 0. The maximum atomic E-state index is 3.99.